The zero-order valence-corrected chi connectivity index (χ0v) is 25.3. The van der Waals surface area contributed by atoms with E-state index in [0.717, 1.165) is 12.0 Å². The molecule has 2 heterocycles. The molecule has 0 saturated carbocycles. The van der Waals surface area contributed by atoms with Crippen LogP contribution in [0.1, 0.15) is 54.7 Å². The lowest BCUT2D eigenvalue weighted by atomic mass is 9.92. The number of nitrogens with one attached hydrogen (secondary N) is 2. The van der Waals surface area contributed by atoms with Gasteiger partial charge in [-0.3, -0.25) is 4.79 Å². The van der Waals surface area contributed by atoms with E-state index in [-0.39, 0.29) is 42.6 Å². The van der Waals surface area contributed by atoms with Crippen LogP contribution in [-0.4, -0.2) is 76.2 Å². The SMILES string of the molecule is COc1ccc(-n2nnnc2C(F)(F)F)cc1CC(NC(=O)N1CCCCC1c1ccc(F)cc1C)OC(=O)NCCOC(C)=O. The number of ether oxygens (including phenoxy) is 3. The molecule has 0 radical (unpaired) electrons. The quantitative estimate of drug-likeness (QED) is 0.142. The number of urea groups is 1. The van der Waals surface area contributed by atoms with Gasteiger partial charge in [0.15, 0.2) is 6.23 Å². The lowest BCUT2D eigenvalue weighted by Gasteiger charge is -2.37. The maximum atomic E-state index is 13.8. The minimum absolute atomic E-state index is 0.0630. The van der Waals surface area contributed by atoms with Crippen LogP contribution in [0.3, 0.4) is 0 Å². The number of alkyl carbamates (subject to hydrolysis) is 1. The molecule has 3 aromatic rings. The third-order valence-electron chi connectivity index (χ3n) is 7.20. The fourth-order valence-corrected chi connectivity index (χ4v) is 5.17. The first-order chi connectivity index (χ1) is 21.9. The number of aryl methyl sites for hydroxylation is 1. The zero-order valence-electron chi connectivity index (χ0n) is 25.3. The maximum Gasteiger partial charge on any atom is 0.453 e. The normalized spacial score (nSPS) is 15.5. The smallest absolute Gasteiger partial charge is 0.453 e. The van der Waals surface area contributed by atoms with Crippen molar-refractivity contribution in [1.29, 1.82) is 0 Å². The molecule has 1 aromatic heterocycles. The fraction of sp³-hybridized carbons (Fsp3) is 0.448. The number of alkyl halides is 3. The number of nitrogens with zero attached hydrogens (tertiary/aromatic N) is 5. The summed E-state index contributed by atoms with van der Waals surface area (Å²) in [6.45, 7) is 3.11. The van der Waals surface area contributed by atoms with Crippen LogP contribution in [0.25, 0.3) is 5.69 Å². The summed E-state index contributed by atoms with van der Waals surface area (Å²) in [6, 6.07) is 7.41. The van der Waals surface area contributed by atoms with E-state index in [2.05, 4.69) is 26.2 Å². The van der Waals surface area contributed by atoms with E-state index in [1.54, 1.807) is 17.9 Å². The average Bonchev–Trinajstić information content (AvgIpc) is 3.50. The van der Waals surface area contributed by atoms with Gasteiger partial charge in [0.2, 0.25) is 0 Å². The van der Waals surface area contributed by atoms with Crippen LogP contribution in [0, 0.1) is 12.7 Å². The highest BCUT2D eigenvalue weighted by Crippen LogP contribution is 2.34. The zero-order chi connectivity index (χ0) is 33.4. The van der Waals surface area contributed by atoms with E-state index in [1.165, 1.54) is 44.4 Å². The highest BCUT2D eigenvalue weighted by molar-refractivity contribution is 5.76. The number of carbonyl (C=O) groups is 3. The van der Waals surface area contributed by atoms with Gasteiger partial charge < -0.3 is 29.7 Å². The van der Waals surface area contributed by atoms with Crippen molar-refractivity contribution in [2.45, 2.75) is 58.0 Å². The number of carbonyl (C=O) groups excluding carboxylic acids is 3. The van der Waals surface area contributed by atoms with E-state index >= 15 is 0 Å². The van der Waals surface area contributed by atoms with Gasteiger partial charge in [-0.05, 0) is 78.1 Å². The van der Waals surface area contributed by atoms with Crippen molar-refractivity contribution in [1.82, 2.24) is 35.7 Å². The van der Waals surface area contributed by atoms with E-state index in [0.29, 0.717) is 29.6 Å². The first kappa shape index (κ1) is 33.9. The summed E-state index contributed by atoms with van der Waals surface area (Å²) in [6.07, 6.45) is -5.24. The Balaban J connectivity index is 1.61. The predicted octanol–water partition coefficient (Wildman–Crippen LogP) is 4.23. The molecule has 46 heavy (non-hydrogen) atoms. The molecule has 17 heteroatoms. The molecule has 0 bridgehead atoms. The maximum absolute atomic E-state index is 13.8. The Bertz CT molecular complexity index is 1550. The van der Waals surface area contributed by atoms with Crippen LogP contribution < -0.4 is 15.4 Å². The molecule has 2 N–H and O–H groups in total. The first-order valence-electron chi connectivity index (χ1n) is 14.3. The summed E-state index contributed by atoms with van der Waals surface area (Å²) < 4.78 is 70.6. The van der Waals surface area contributed by atoms with Crippen molar-refractivity contribution in [2.75, 3.05) is 26.8 Å². The minimum atomic E-state index is -4.85. The molecular formula is C29H33F4N7O6. The van der Waals surface area contributed by atoms with Crippen molar-refractivity contribution in [3.05, 3.63) is 64.7 Å². The van der Waals surface area contributed by atoms with Crippen LogP contribution in [0.5, 0.6) is 5.75 Å². The lowest BCUT2D eigenvalue weighted by molar-refractivity contribution is -0.146. The summed E-state index contributed by atoms with van der Waals surface area (Å²) in [5.74, 6) is -2.08. The molecule has 1 fully saturated rings. The van der Waals surface area contributed by atoms with Crippen LogP contribution >= 0.6 is 0 Å². The highest BCUT2D eigenvalue weighted by Gasteiger charge is 2.38. The van der Waals surface area contributed by atoms with Gasteiger partial charge in [-0.25, -0.2) is 14.0 Å². The topological polar surface area (TPSA) is 150 Å². The van der Waals surface area contributed by atoms with Gasteiger partial charge >= 0.3 is 24.3 Å². The standard InChI is InChI=1S/C29H33F4N7O6/c1-17-14-20(30)7-9-22(17)23-6-4-5-12-39(23)27(42)35-25(46-28(43)34-11-13-45-18(2)41)16-19-15-21(8-10-24(19)44-3)40-26(29(31,32)33)36-37-38-40/h7-10,14-15,23,25H,4-6,11-13,16H2,1-3H3,(H,34,43)(H,35,42). The molecule has 2 atom stereocenters. The third kappa shape index (κ3) is 8.60. The molecule has 248 valence electrons. The van der Waals surface area contributed by atoms with E-state index < -0.39 is 42.1 Å². The molecule has 13 nitrogen and oxygen atoms in total. The summed E-state index contributed by atoms with van der Waals surface area (Å²) in [5.41, 5.74) is 1.64. The number of esters is 1. The molecule has 3 amide bonds. The molecule has 2 aromatic carbocycles. The van der Waals surface area contributed by atoms with Crippen molar-refractivity contribution in [3.63, 3.8) is 0 Å². The van der Waals surface area contributed by atoms with Crippen LogP contribution in [0.15, 0.2) is 36.4 Å². The largest absolute Gasteiger partial charge is 0.496 e. The van der Waals surface area contributed by atoms with Crippen molar-refractivity contribution >= 4 is 18.1 Å². The Morgan fingerprint density at radius 1 is 1.13 bits per heavy atom. The molecule has 0 spiro atoms. The number of amides is 3. The van der Waals surface area contributed by atoms with Gasteiger partial charge in [-0.1, -0.05) is 6.07 Å². The van der Waals surface area contributed by atoms with Gasteiger partial charge in [-0.2, -0.15) is 17.9 Å². The van der Waals surface area contributed by atoms with Crippen molar-refractivity contribution < 1.29 is 46.2 Å². The number of tetrazole rings is 1. The molecule has 4 rings (SSSR count). The third-order valence-corrected chi connectivity index (χ3v) is 7.20. The minimum Gasteiger partial charge on any atom is -0.496 e. The van der Waals surface area contributed by atoms with Crippen LogP contribution in [0.4, 0.5) is 27.2 Å². The monoisotopic (exact) mass is 651 g/mol. The number of halogens is 4. The predicted molar refractivity (Wildman–Crippen MR) is 152 cm³/mol. The molecule has 1 aliphatic rings. The Kier molecular flexibility index (Phi) is 11.0. The molecule has 2 unspecified atom stereocenters. The average molecular weight is 652 g/mol. The Labute approximate surface area is 261 Å². The first-order valence-corrected chi connectivity index (χ1v) is 14.3. The van der Waals surface area contributed by atoms with Crippen molar-refractivity contribution in [2.24, 2.45) is 0 Å². The second-order valence-electron chi connectivity index (χ2n) is 10.4. The van der Waals surface area contributed by atoms with E-state index in [1.807, 2.05) is 0 Å². The number of hydrogen-bond donors (Lipinski definition) is 2. The Hall–Kier alpha value is -4.96. The number of benzene rings is 2. The van der Waals surface area contributed by atoms with E-state index in [9.17, 15) is 31.9 Å². The molecule has 0 aliphatic carbocycles. The molecule has 1 saturated heterocycles. The fourth-order valence-electron chi connectivity index (χ4n) is 5.17. The van der Waals surface area contributed by atoms with Crippen molar-refractivity contribution in [3.8, 4) is 11.4 Å². The second-order valence-corrected chi connectivity index (χ2v) is 10.4. The number of rotatable bonds is 10. The summed E-state index contributed by atoms with van der Waals surface area (Å²) >= 11 is 0. The van der Waals surface area contributed by atoms with Gasteiger partial charge in [0.05, 0.1) is 25.4 Å². The number of likely N-dealkylation sites (tertiary alicyclic amines) is 1. The number of hydrogen-bond acceptors (Lipinski definition) is 9. The number of piperidine rings is 1. The Morgan fingerprint density at radius 3 is 2.61 bits per heavy atom. The number of methoxy groups -OCH3 is 1. The summed E-state index contributed by atoms with van der Waals surface area (Å²) in [4.78, 5) is 39.0. The second kappa shape index (κ2) is 14.9. The van der Waals surface area contributed by atoms with E-state index in [4.69, 9.17) is 14.2 Å². The Morgan fingerprint density at radius 2 is 1.91 bits per heavy atom. The highest BCUT2D eigenvalue weighted by atomic mass is 19.4. The van der Waals surface area contributed by atoms with Gasteiger partial charge in [0.1, 0.15) is 18.2 Å². The van der Waals surface area contributed by atoms with Gasteiger partial charge in [-0.15, -0.1) is 5.10 Å². The lowest BCUT2D eigenvalue weighted by Crippen LogP contribution is -2.50. The summed E-state index contributed by atoms with van der Waals surface area (Å²) in [7, 11) is 1.34. The van der Waals surface area contributed by atoms with Gasteiger partial charge in [0.25, 0.3) is 5.82 Å². The van der Waals surface area contributed by atoms with Gasteiger partial charge in [0, 0.05) is 25.5 Å². The summed E-state index contributed by atoms with van der Waals surface area (Å²) in [5, 5.41) is 14.8. The van der Waals surface area contributed by atoms with Crippen LogP contribution in [0.2, 0.25) is 0 Å². The molecule has 1 aliphatic heterocycles. The van der Waals surface area contributed by atoms with Crippen LogP contribution in [-0.2, 0) is 26.9 Å². The number of aromatic nitrogens is 4. The molecular weight excluding hydrogens is 618 g/mol.